The average molecular weight is 308 g/mol. The summed E-state index contributed by atoms with van der Waals surface area (Å²) < 4.78 is 0. The largest absolute Gasteiger partial charge is 0.243 e. The standard InChI is InChI=1S/C13H7Cl2N3S/c14-9-2-1-8(5-10(9)15)11-6-12(18-7-17-11)13-16-3-4-19-13/h1-7H. The molecule has 3 nitrogen and oxygen atoms in total. The first-order valence-electron chi connectivity index (χ1n) is 5.41. The van der Waals surface area contributed by atoms with E-state index in [4.69, 9.17) is 23.2 Å². The Morgan fingerprint density at radius 1 is 0.895 bits per heavy atom. The predicted octanol–water partition coefficient (Wildman–Crippen LogP) is 4.57. The molecule has 0 unspecified atom stereocenters. The minimum absolute atomic E-state index is 0.508. The van der Waals surface area contributed by atoms with E-state index in [1.165, 1.54) is 17.7 Å². The van der Waals surface area contributed by atoms with Crippen LogP contribution in [0.3, 0.4) is 0 Å². The summed E-state index contributed by atoms with van der Waals surface area (Å²) >= 11 is 13.5. The van der Waals surface area contributed by atoms with Crippen LogP contribution in [-0.4, -0.2) is 15.0 Å². The first-order valence-corrected chi connectivity index (χ1v) is 7.05. The second kappa shape index (κ2) is 5.25. The lowest BCUT2D eigenvalue weighted by atomic mass is 10.1. The van der Waals surface area contributed by atoms with E-state index in [-0.39, 0.29) is 0 Å². The van der Waals surface area contributed by atoms with Crippen LogP contribution in [0.25, 0.3) is 22.0 Å². The Balaban J connectivity index is 2.06. The molecule has 0 spiro atoms. The zero-order valence-electron chi connectivity index (χ0n) is 9.55. The Hall–Kier alpha value is -1.49. The molecule has 0 fully saturated rings. The fraction of sp³-hybridized carbons (Fsp3) is 0. The van der Waals surface area contributed by atoms with Crippen molar-refractivity contribution in [2.24, 2.45) is 0 Å². The van der Waals surface area contributed by atoms with Gasteiger partial charge in [-0.25, -0.2) is 15.0 Å². The summed E-state index contributed by atoms with van der Waals surface area (Å²) in [6.45, 7) is 0. The second-order valence-electron chi connectivity index (χ2n) is 3.75. The fourth-order valence-electron chi connectivity index (χ4n) is 1.64. The van der Waals surface area contributed by atoms with Crippen LogP contribution in [0.15, 0.2) is 42.2 Å². The van der Waals surface area contributed by atoms with Gasteiger partial charge in [-0.15, -0.1) is 11.3 Å². The maximum absolute atomic E-state index is 6.02. The van der Waals surface area contributed by atoms with Gasteiger partial charge >= 0.3 is 0 Å². The van der Waals surface area contributed by atoms with Crippen LogP contribution >= 0.6 is 34.5 Å². The molecule has 3 rings (SSSR count). The first-order chi connectivity index (χ1) is 9.24. The third kappa shape index (κ3) is 2.61. The SMILES string of the molecule is Clc1ccc(-c2cc(-c3nccs3)ncn2)cc1Cl. The van der Waals surface area contributed by atoms with Gasteiger partial charge in [-0.2, -0.15) is 0 Å². The number of benzene rings is 1. The van der Waals surface area contributed by atoms with Gasteiger partial charge < -0.3 is 0 Å². The molecular formula is C13H7Cl2N3S. The number of nitrogens with zero attached hydrogens (tertiary/aromatic N) is 3. The van der Waals surface area contributed by atoms with E-state index in [0.29, 0.717) is 10.0 Å². The van der Waals surface area contributed by atoms with Crippen LogP contribution in [0.5, 0.6) is 0 Å². The molecule has 0 atom stereocenters. The minimum Gasteiger partial charge on any atom is -0.243 e. The molecule has 2 aromatic heterocycles. The fourth-order valence-corrected chi connectivity index (χ4v) is 2.54. The van der Waals surface area contributed by atoms with Crippen molar-refractivity contribution < 1.29 is 0 Å². The van der Waals surface area contributed by atoms with E-state index in [1.54, 1.807) is 18.3 Å². The highest BCUT2D eigenvalue weighted by atomic mass is 35.5. The normalized spacial score (nSPS) is 10.6. The lowest BCUT2D eigenvalue weighted by Crippen LogP contribution is -1.89. The van der Waals surface area contributed by atoms with E-state index in [2.05, 4.69) is 15.0 Å². The number of rotatable bonds is 2. The van der Waals surface area contributed by atoms with E-state index >= 15 is 0 Å². The number of aromatic nitrogens is 3. The zero-order chi connectivity index (χ0) is 13.2. The molecule has 0 saturated heterocycles. The van der Waals surface area contributed by atoms with Gasteiger partial charge in [0.05, 0.1) is 15.7 Å². The zero-order valence-corrected chi connectivity index (χ0v) is 11.9. The van der Waals surface area contributed by atoms with Gasteiger partial charge in [-0.1, -0.05) is 29.3 Å². The average Bonchev–Trinajstić information content (AvgIpc) is 2.96. The molecule has 6 heteroatoms. The topological polar surface area (TPSA) is 38.7 Å². The van der Waals surface area contributed by atoms with Crippen molar-refractivity contribution in [3.8, 4) is 22.0 Å². The molecular weight excluding hydrogens is 301 g/mol. The molecule has 0 bridgehead atoms. The molecule has 0 N–H and O–H groups in total. The van der Waals surface area contributed by atoms with Crippen LogP contribution in [-0.2, 0) is 0 Å². The highest BCUT2D eigenvalue weighted by Crippen LogP contribution is 2.29. The monoisotopic (exact) mass is 307 g/mol. The van der Waals surface area contributed by atoms with Crippen molar-refractivity contribution >= 4 is 34.5 Å². The van der Waals surface area contributed by atoms with Gasteiger partial charge in [-0.3, -0.25) is 0 Å². The Bertz CT molecular complexity index is 714. The molecule has 19 heavy (non-hydrogen) atoms. The lowest BCUT2D eigenvalue weighted by Gasteiger charge is -2.03. The van der Waals surface area contributed by atoms with Crippen LogP contribution in [0.1, 0.15) is 0 Å². The molecule has 0 aliphatic carbocycles. The van der Waals surface area contributed by atoms with E-state index in [1.807, 2.05) is 17.5 Å². The smallest absolute Gasteiger partial charge is 0.141 e. The van der Waals surface area contributed by atoms with Gasteiger partial charge in [-0.05, 0) is 18.2 Å². The summed E-state index contributed by atoms with van der Waals surface area (Å²) in [5, 5.41) is 3.81. The van der Waals surface area contributed by atoms with Crippen molar-refractivity contribution in [3.63, 3.8) is 0 Å². The summed E-state index contributed by atoms with van der Waals surface area (Å²) in [5.41, 5.74) is 2.49. The quantitative estimate of drug-likeness (QED) is 0.696. The van der Waals surface area contributed by atoms with Gasteiger partial charge in [0, 0.05) is 17.1 Å². The Morgan fingerprint density at radius 2 is 1.74 bits per heavy atom. The maximum Gasteiger partial charge on any atom is 0.141 e. The van der Waals surface area contributed by atoms with Crippen LogP contribution in [0, 0.1) is 0 Å². The molecule has 0 amide bonds. The number of halogens is 2. The number of hydrogen-bond donors (Lipinski definition) is 0. The highest BCUT2D eigenvalue weighted by molar-refractivity contribution is 7.13. The molecule has 0 aliphatic heterocycles. The van der Waals surface area contributed by atoms with Crippen molar-refractivity contribution in [1.29, 1.82) is 0 Å². The van der Waals surface area contributed by atoms with E-state index < -0.39 is 0 Å². The second-order valence-corrected chi connectivity index (χ2v) is 5.46. The molecule has 1 aromatic carbocycles. The molecule has 94 valence electrons. The van der Waals surface area contributed by atoms with Crippen molar-refractivity contribution in [3.05, 3.63) is 52.2 Å². The molecule has 0 aliphatic rings. The van der Waals surface area contributed by atoms with Gasteiger partial charge in [0.2, 0.25) is 0 Å². The minimum atomic E-state index is 0.508. The van der Waals surface area contributed by atoms with Crippen LogP contribution in [0.2, 0.25) is 10.0 Å². The number of thiazole rings is 1. The van der Waals surface area contributed by atoms with Crippen molar-refractivity contribution in [1.82, 2.24) is 15.0 Å². The molecule has 2 heterocycles. The summed E-state index contributed by atoms with van der Waals surface area (Å²) in [5.74, 6) is 0. The third-order valence-corrected chi connectivity index (χ3v) is 4.07. The summed E-state index contributed by atoms with van der Waals surface area (Å²) in [6, 6.07) is 7.31. The molecule has 0 saturated carbocycles. The molecule has 3 aromatic rings. The molecule has 0 radical (unpaired) electrons. The predicted molar refractivity (Wildman–Crippen MR) is 78.6 cm³/mol. The van der Waals surface area contributed by atoms with Gasteiger partial charge in [0.15, 0.2) is 0 Å². The third-order valence-electron chi connectivity index (χ3n) is 2.53. The first kappa shape index (κ1) is 12.5. The summed E-state index contributed by atoms with van der Waals surface area (Å²) in [4.78, 5) is 12.7. The van der Waals surface area contributed by atoms with Crippen LogP contribution in [0.4, 0.5) is 0 Å². The summed E-state index contributed by atoms with van der Waals surface area (Å²) in [6.07, 6.45) is 3.27. The van der Waals surface area contributed by atoms with Gasteiger partial charge in [0.25, 0.3) is 0 Å². The number of hydrogen-bond acceptors (Lipinski definition) is 4. The van der Waals surface area contributed by atoms with Crippen molar-refractivity contribution in [2.45, 2.75) is 0 Å². The van der Waals surface area contributed by atoms with Crippen LogP contribution < -0.4 is 0 Å². The Kier molecular flexibility index (Phi) is 3.46. The van der Waals surface area contributed by atoms with E-state index in [9.17, 15) is 0 Å². The van der Waals surface area contributed by atoms with Crippen molar-refractivity contribution in [2.75, 3.05) is 0 Å². The van der Waals surface area contributed by atoms with E-state index in [0.717, 1.165) is 22.0 Å². The Labute approximate surface area is 123 Å². The highest BCUT2D eigenvalue weighted by Gasteiger charge is 2.07. The Morgan fingerprint density at radius 3 is 2.47 bits per heavy atom. The van der Waals surface area contributed by atoms with Gasteiger partial charge in [0.1, 0.15) is 17.0 Å². The lowest BCUT2D eigenvalue weighted by molar-refractivity contribution is 1.17. The maximum atomic E-state index is 6.02. The summed E-state index contributed by atoms with van der Waals surface area (Å²) in [7, 11) is 0.